The van der Waals surface area contributed by atoms with Crippen molar-refractivity contribution < 1.29 is 22.3 Å². The second-order valence-electron chi connectivity index (χ2n) is 4.67. The molecule has 0 amide bonds. The van der Waals surface area contributed by atoms with Crippen molar-refractivity contribution in [2.75, 3.05) is 13.2 Å². The summed E-state index contributed by atoms with van der Waals surface area (Å²) in [5, 5.41) is 0. The van der Waals surface area contributed by atoms with Gasteiger partial charge in [-0.15, -0.1) is 0 Å². The van der Waals surface area contributed by atoms with Crippen molar-refractivity contribution in [1.82, 2.24) is 0 Å². The molecule has 1 nitrogen and oxygen atoms in total. The largest absolute Gasteiger partial charge is 0.381 e. The van der Waals surface area contributed by atoms with Crippen LogP contribution in [0.3, 0.4) is 0 Å². The molecule has 0 fully saturated rings. The fourth-order valence-electron chi connectivity index (χ4n) is 1.99. The lowest BCUT2D eigenvalue weighted by Gasteiger charge is -2.06. The number of ether oxygens (including phenoxy) is 1. The lowest BCUT2D eigenvalue weighted by Crippen LogP contribution is -2.04. The highest BCUT2D eigenvalue weighted by Gasteiger charge is 2.02. The molecule has 0 aliphatic rings. The molecular formula is C16H14F4O. The molecular weight excluding hydrogens is 284 g/mol. The van der Waals surface area contributed by atoms with Gasteiger partial charge in [-0.2, -0.15) is 0 Å². The zero-order valence-corrected chi connectivity index (χ0v) is 11.2. The summed E-state index contributed by atoms with van der Waals surface area (Å²) in [6, 6.07) is 6.59. The van der Waals surface area contributed by atoms with E-state index in [1.54, 1.807) is 0 Å². The summed E-state index contributed by atoms with van der Waals surface area (Å²) < 4.78 is 57.1. The van der Waals surface area contributed by atoms with Crippen LogP contribution in [0.4, 0.5) is 17.6 Å². The SMILES string of the molecule is Fc1cc(F)cc(CCOCCc2cc(F)cc(F)c2)c1. The maximum atomic E-state index is 12.9. The van der Waals surface area contributed by atoms with Gasteiger partial charge >= 0.3 is 0 Å². The highest BCUT2D eigenvalue weighted by molar-refractivity contribution is 5.19. The standard InChI is InChI=1S/C16H14F4O/c17-13-5-11(6-14(18)9-13)1-3-21-4-2-12-7-15(19)10-16(20)8-12/h5-10H,1-4H2. The van der Waals surface area contributed by atoms with Gasteiger partial charge in [0.15, 0.2) is 0 Å². The Labute approximate surface area is 120 Å². The molecule has 0 radical (unpaired) electrons. The van der Waals surface area contributed by atoms with Gasteiger partial charge in [0.1, 0.15) is 23.3 Å². The summed E-state index contributed by atoms with van der Waals surface area (Å²) in [5.41, 5.74) is 1.01. The first-order chi connectivity index (χ1) is 10.0. The molecule has 2 rings (SSSR count). The van der Waals surface area contributed by atoms with E-state index in [4.69, 9.17) is 4.74 Å². The first-order valence-electron chi connectivity index (χ1n) is 6.50. The molecule has 112 valence electrons. The number of hydrogen-bond acceptors (Lipinski definition) is 1. The third kappa shape index (κ3) is 5.19. The number of rotatable bonds is 6. The Hall–Kier alpha value is -1.88. The Morgan fingerprint density at radius 3 is 1.24 bits per heavy atom. The fraction of sp³-hybridized carbons (Fsp3) is 0.250. The van der Waals surface area contributed by atoms with Crippen LogP contribution in [-0.4, -0.2) is 13.2 Å². The van der Waals surface area contributed by atoms with Gasteiger partial charge in [-0.05, 0) is 48.2 Å². The fourth-order valence-corrected chi connectivity index (χ4v) is 1.99. The molecule has 0 bridgehead atoms. The van der Waals surface area contributed by atoms with Crippen LogP contribution in [0.5, 0.6) is 0 Å². The summed E-state index contributed by atoms with van der Waals surface area (Å²) >= 11 is 0. The maximum Gasteiger partial charge on any atom is 0.126 e. The van der Waals surface area contributed by atoms with Crippen LogP contribution in [0, 0.1) is 23.3 Å². The second-order valence-corrected chi connectivity index (χ2v) is 4.67. The molecule has 0 spiro atoms. The van der Waals surface area contributed by atoms with Crippen molar-refractivity contribution in [3.8, 4) is 0 Å². The smallest absolute Gasteiger partial charge is 0.126 e. The van der Waals surface area contributed by atoms with Crippen LogP contribution >= 0.6 is 0 Å². The zero-order valence-electron chi connectivity index (χ0n) is 11.2. The molecule has 0 aliphatic heterocycles. The minimum Gasteiger partial charge on any atom is -0.381 e. The van der Waals surface area contributed by atoms with Crippen molar-refractivity contribution in [1.29, 1.82) is 0 Å². The van der Waals surface area contributed by atoms with E-state index < -0.39 is 23.3 Å². The van der Waals surface area contributed by atoms with Crippen LogP contribution in [0.25, 0.3) is 0 Å². The Kier molecular flexibility index (Phi) is 5.33. The molecule has 0 heterocycles. The van der Waals surface area contributed by atoms with E-state index in [9.17, 15) is 17.6 Å². The first kappa shape index (κ1) is 15.5. The average Bonchev–Trinajstić information content (AvgIpc) is 2.36. The minimum atomic E-state index is -0.625. The number of hydrogen-bond donors (Lipinski definition) is 0. The quantitative estimate of drug-likeness (QED) is 0.577. The summed E-state index contributed by atoms with van der Waals surface area (Å²) in [7, 11) is 0. The van der Waals surface area contributed by atoms with Gasteiger partial charge in [0, 0.05) is 12.1 Å². The molecule has 2 aromatic rings. The van der Waals surface area contributed by atoms with Gasteiger partial charge < -0.3 is 4.74 Å². The van der Waals surface area contributed by atoms with Crippen molar-refractivity contribution in [3.05, 3.63) is 70.8 Å². The van der Waals surface area contributed by atoms with Gasteiger partial charge in [0.25, 0.3) is 0 Å². The minimum absolute atomic E-state index is 0.278. The molecule has 0 unspecified atom stereocenters. The average molecular weight is 298 g/mol. The second kappa shape index (κ2) is 7.22. The van der Waals surface area contributed by atoms with E-state index >= 15 is 0 Å². The monoisotopic (exact) mass is 298 g/mol. The lowest BCUT2D eigenvalue weighted by atomic mass is 10.1. The van der Waals surface area contributed by atoms with E-state index in [2.05, 4.69) is 0 Å². The first-order valence-corrected chi connectivity index (χ1v) is 6.50. The molecule has 5 heteroatoms. The van der Waals surface area contributed by atoms with Gasteiger partial charge in [0.2, 0.25) is 0 Å². The highest BCUT2D eigenvalue weighted by Crippen LogP contribution is 2.10. The molecule has 0 N–H and O–H groups in total. The number of benzene rings is 2. The van der Waals surface area contributed by atoms with Crippen LogP contribution in [-0.2, 0) is 17.6 Å². The van der Waals surface area contributed by atoms with Gasteiger partial charge in [-0.25, -0.2) is 17.6 Å². The van der Waals surface area contributed by atoms with Gasteiger partial charge in [-0.1, -0.05) is 0 Å². The van der Waals surface area contributed by atoms with Crippen molar-refractivity contribution in [2.24, 2.45) is 0 Å². The number of halogens is 4. The third-order valence-electron chi connectivity index (χ3n) is 2.91. The highest BCUT2D eigenvalue weighted by atomic mass is 19.1. The summed E-state index contributed by atoms with van der Waals surface area (Å²) in [5.74, 6) is -2.50. The van der Waals surface area contributed by atoms with Crippen LogP contribution in [0.15, 0.2) is 36.4 Å². The van der Waals surface area contributed by atoms with Crippen LogP contribution in [0.2, 0.25) is 0 Å². The molecule has 2 aromatic carbocycles. The van der Waals surface area contributed by atoms with Crippen LogP contribution in [0.1, 0.15) is 11.1 Å². The summed E-state index contributed by atoms with van der Waals surface area (Å²) in [4.78, 5) is 0. The molecule has 0 aromatic heterocycles. The van der Waals surface area contributed by atoms with E-state index in [0.717, 1.165) is 12.1 Å². The van der Waals surface area contributed by atoms with E-state index in [-0.39, 0.29) is 13.2 Å². The molecule has 0 saturated carbocycles. The molecule has 0 saturated heterocycles. The molecule has 21 heavy (non-hydrogen) atoms. The van der Waals surface area contributed by atoms with Gasteiger partial charge in [-0.3, -0.25) is 0 Å². The molecule has 0 atom stereocenters. The Balaban J connectivity index is 1.74. The molecule has 0 aliphatic carbocycles. The van der Waals surface area contributed by atoms with Gasteiger partial charge in [0.05, 0.1) is 13.2 Å². The van der Waals surface area contributed by atoms with Crippen molar-refractivity contribution >= 4 is 0 Å². The van der Waals surface area contributed by atoms with E-state index in [1.165, 1.54) is 24.3 Å². The van der Waals surface area contributed by atoms with Crippen molar-refractivity contribution in [2.45, 2.75) is 12.8 Å². The predicted molar refractivity (Wildman–Crippen MR) is 70.9 cm³/mol. The van der Waals surface area contributed by atoms with Crippen LogP contribution < -0.4 is 0 Å². The lowest BCUT2D eigenvalue weighted by molar-refractivity contribution is 0.140. The van der Waals surface area contributed by atoms with E-state index in [1.807, 2.05) is 0 Å². The van der Waals surface area contributed by atoms with E-state index in [0.29, 0.717) is 24.0 Å². The topological polar surface area (TPSA) is 9.23 Å². The normalized spacial score (nSPS) is 10.9. The Bertz CT molecular complexity index is 519. The maximum absolute atomic E-state index is 12.9. The Morgan fingerprint density at radius 1 is 0.571 bits per heavy atom. The summed E-state index contributed by atoms with van der Waals surface area (Å²) in [6.45, 7) is 0.557. The summed E-state index contributed by atoms with van der Waals surface area (Å²) in [6.07, 6.45) is 0.735. The predicted octanol–water partition coefficient (Wildman–Crippen LogP) is 4.04. The van der Waals surface area contributed by atoms with Crippen molar-refractivity contribution in [3.63, 3.8) is 0 Å². The zero-order chi connectivity index (χ0) is 15.2. The third-order valence-corrected chi connectivity index (χ3v) is 2.91. The Morgan fingerprint density at radius 2 is 0.905 bits per heavy atom.